The van der Waals surface area contributed by atoms with Crippen molar-refractivity contribution in [1.29, 1.82) is 0 Å². The van der Waals surface area contributed by atoms with E-state index in [1.807, 2.05) is 37.3 Å². The molecule has 0 radical (unpaired) electrons. The van der Waals surface area contributed by atoms with E-state index in [2.05, 4.69) is 0 Å². The second kappa shape index (κ2) is 6.86. The predicted octanol–water partition coefficient (Wildman–Crippen LogP) is 2.94. The highest BCUT2D eigenvalue weighted by atomic mass is 32.2. The van der Waals surface area contributed by atoms with Gasteiger partial charge in [-0.1, -0.05) is 60.7 Å². The number of benzene rings is 2. The molecule has 0 heterocycles. The summed E-state index contributed by atoms with van der Waals surface area (Å²) in [5, 5.41) is -0.714. The minimum Gasteiger partial charge on any atom is -0.393 e. The van der Waals surface area contributed by atoms with E-state index in [1.54, 1.807) is 30.3 Å². The first-order valence-electron chi connectivity index (χ1n) is 8.17. The number of hydrogen-bond donors (Lipinski definition) is 1. The molecule has 0 unspecified atom stereocenters. The van der Waals surface area contributed by atoms with Gasteiger partial charge in [-0.15, -0.1) is 0 Å². The Balaban J connectivity index is 2.10. The summed E-state index contributed by atoms with van der Waals surface area (Å²) in [6.07, 6.45) is 0. The van der Waals surface area contributed by atoms with Crippen LogP contribution in [0.15, 0.2) is 65.6 Å². The summed E-state index contributed by atoms with van der Waals surface area (Å²) in [4.78, 5) is 0.481. The van der Waals surface area contributed by atoms with Crippen LogP contribution in [0.25, 0.3) is 0 Å². The summed E-state index contributed by atoms with van der Waals surface area (Å²) in [5.74, 6) is -0.303. The van der Waals surface area contributed by atoms with E-state index < -0.39 is 20.5 Å². The number of ether oxygens (including phenoxy) is 1. The number of rotatable bonds is 7. The number of sulfone groups is 1. The third-order valence-electron chi connectivity index (χ3n) is 4.82. The van der Waals surface area contributed by atoms with Crippen LogP contribution < -0.4 is 5.73 Å². The molecule has 4 nitrogen and oxygen atoms in total. The fourth-order valence-corrected chi connectivity index (χ4v) is 6.35. The molecule has 1 saturated carbocycles. The summed E-state index contributed by atoms with van der Waals surface area (Å²) in [6.45, 7) is 2.55. The van der Waals surface area contributed by atoms with Gasteiger partial charge in [0.15, 0.2) is 9.84 Å². The van der Waals surface area contributed by atoms with E-state index in [4.69, 9.17) is 22.7 Å². The summed E-state index contributed by atoms with van der Waals surface area (Å²) >= 11 is 5.31. The summed E-state index contributed by atoms with van der Waals surface area (Å²) in [5.41, 5.74) is 6.10. The Hall–Kier alpha value is -1.76. The van der Waals surface area contributed by atoms with E-state index in [0.29, 0.717) is 6.61 Å². The van der Waals surface area contributed by atoms with Crippen molar-refractivity contribution in [2.75, 3.05) is 13.2 Å². The lowest BCUT2D eigenvalue weighted by Crippen LogP contribution is -2.33. The summed E-state index contributed by atoms with van der Waals surface area (Å²) < 4.78 is 32.2. The van der Waals surface area contributed by atoms with Crippen LogP contribution in [0.5, 0.6) is 0 Å². The molecule has 0 aromatic heterocycles. The van der Waals surface area contributed by atoms with E-state index in [1.165, 1.54) is 0 Å². The summed E-state index contributed by atoms with van der Waals surface area (Å²) in [7, 11) is -3.59. The maximum Gasteiger partial charge on any atom is 0.182 e. The van der Waals surface area contributed by atoms with Gasteiger partial charge in [0.05, 0.1) is 27.2 Å². The van der Waals surface area contributed by atoms with Crippen LogP contribution in [-0.4, -0.2) is 31.9 Å². The van der Waals surface area contributed by atoms with Crippen molar-refractivity contribution in [1.82, 2.24) is 0 Å². The van der Waals surface area contributed by atoms with E-state index >= 15 is 0 Å². The van der Waals surface area contributed by atoms with Gasteiger partial charge in [0.2, 0.25) is 0 Å². The lowest BCUT2D eigenvalue weighted by molar-refractivity contribution is 0.121. The van der Waals surface area contributed by atoms with E-state index in [-0.39, 0.29) is 22.4 Å². The van der Waals surface area contributed by atoms with Gasteiger partial charge in [-0.25, -0.2) is 8.42 Å². The maximum atomic E-state index is 13.3. The predicted molar refractivity (Wildman–Crippen MR) is 102 cm³/mol. The molecule has 2 N–H and O–H groups in total. The first-order chi connectivity index (χ1) is 12.0. The fraction of sp³-hybridized carbons (Fsp3) is 0.316. The highest BCUT2D eigenvalue weighted by Crippen LogP contribution is 2.64. The average molecular weight is 376 g/mol. The Kier molecular flexibility index (Phi) is 4.95. The second-order valence-electron chi connectivity index (χ2n) is 6.21. The molecule has 3 atom stereocenters. The molecule has 0 spiro atoms. The first kappa shape index (κ1) is 18.0. The second-order valence-corrected chi connectivity index (χ2v) is 8.72. The van der Waals surface area contributed by atoms with E-state index in [9.17, 15) is 8.42 Å². The molecular formula is C19H21NO3S2. The number of thiocarbonyl (C=S) groups is 1. The number of nitrogens with two attached hydrogens (primary N) is 1. The van der Waals surface area contributed by atoms with Crippen molar-refractivity contribution < 1.29 is 13.2 Å². The normalized spacial score (nSPS) is 25.5. The van der Waals surface area contributed by atoms with Gasteiger partial charge in [-0.2, -0.15) is 0 Å². The topological polar surface area (TPSA) is 69.4 Å². The Morgan fingerprint density at radius 2 is 1.68 bits per heavy atom. The molecule has 1 fully saturated rings. The van der Waals surface area contributed by atoms with E-state index in [0.717, 1.165) is 5.56 Å². The Bertz CT molecular complexity index is 853. The van der Waals surface area contributed by atoms with Crippen LogP contribution in [0.2, 0.25) is 0 Å². The molecule has 3 rings (SSSR count). The van der Waals surface area contributed by atoms with Gasteiger partial charge in [0.1, 0.15) is 0 Å². The van der Waals surface area contributed by atoms with Crippen molar-refractivity contribution in [3.63, 3.8) is 0 Å². The zero-order chi connectivity index (χ0) is 18.1. The third kappa shape index (κ3) is 2.99. The largest absolute Gasteiger partial charge is 0.393 e. The average Bonchev–Trinajstić information content (AvgIpc) is 3.33. The monoisotopic (exact) mass is 375 g/mol. The standard InChI is InChI=1S/C19H21NO3S2/c1-2-23-13-19(18(20)24)16(14-9-5-3-6-10-14)17(19)25(21,22)15-11-7-4-8-12-15/h3-12,16-17H,2,13H2,1H3,(H2,20,24)/t16-,17+,19+/m1/s1. The lowest BCUT2D eigenvalue weighted by atomic mass is 10.00. The van der Waals surface area contributed by atoms with Gasteiger partial charge in [0.25, 0.3) is 0 Å². The zero-order valence-electron chi connectivity index (χ0n) is 14.0. The molecule has 0 bridgehead atoms. The van der Waals surface area contributed by atoms with Gasteiger partial charge in [-0.3, -0.25) is 0 Å². The minimum atomic E-state index is -3.59. The Morgan fingerprint density at radius 1 is 1.12 bits per heavy atom. The van der Waals surface area contributed by atoms with Crippen LogP contribution in [0, 0.1) is 5.41 Å². The van der Waals surface area contributed by atoms with Gasteiger partial charge < -0.3 is 10.5 Å². The molecule has 2 aromatic rings. The smallest absolute Gasteiger partial charge is 0.182 e. The molecule has 132 valence electrons. The van der Waals surface area contributed by atoms with Crippen molar-refractivity contribution in [2.24, 2.45) is 11.1 Å². The molecule has 2 aromatic carbocycles. The third-order valence-corrected chi connectivity index (χ3v) is 7.50. The fourth-order valence-electron chi connectivity index (χ4n) is 3.56. The summed E-state index contributed by atoms with van der Waals surface area (Å²) in [6, 6.07) is 18.0. The van der Waals surface area contributed by atoms with Gasteiger partial charge >= 0.3 is 0 Å². The highest BCUT2D eigenvalue weighted by Gasteiger charge is 2.73. The Morgan fingerprint density at radius 3 is 2.20 bits per heavy atom. The number of hydrogen-bond acceptors (Lipinski definition) is 4. The first-order valence-corrected chi connectivity index (χ1v) is 10.1. The quantitative estimate of drug-likeness (QED) is 0.754. The van der Waals surface area contributed by atoms with Crippen molar-refractivity contribution in [2.45, 2.75) is 23.0 Å². The van der Waals surface area contributed by atoms with Crippen molar-refractivity contribution in [3.05, 3.63) is 66.2 Å². The molecular weight excluding hydrogens is 354 g/mol. The van der Waals surface area contributed by atoms with Crippen LogP contribution in [0.4, 0.5) is 0 Å². The molecule has 0 amide bonds. The van der Waals surface area contributed by atoms with Crippen molar-refractivity contribution in [3.8, 4) is 0 Å². The SMILES string of the molecule is CCOC[C@]1(C(N)=S)[C@H](c2ccccc2)[C@@H]1S(=O)(=O)c1ccccc1. The van der Waals surface area contributed by atoms with Crippen LogP contribution in [-0.2, 0) is 14.6 Å². The Labute approximate surface area is 153 Å². The maximum absolute atomic E-state index is 13.3. The van der Waals surface area contributed by atoms with Crippen molar-refractivity contribution >= 4 is 27.0 Å². The zero-order valence-corrected chi connectivity index (χ0v) is 15.6. The van der Waals surface area contributed by atoms with Gasteiger partial charge in [-0.05, 0) is 24.6 Å². The molecule has 25 heavy (non-hydrogen) atoms. The molecule has 0 saturated heterocycles. The molecule has 0 aliphatic heterocycles. The molecule has 1 aliphatic carbocycles. The van der Waals surface area contributed by atoms with Crippen LogP contribution in [0.1, 0.15) is 18.4 Å². The van der Waals surface area contributed by atoms with Crippen LogP contribution in [0.3, 0.4) is 0 Å². The molecule has 1 aliphatic rings. The van der Waals surface area contributed by atoms with Crippen LogP contribution >= 0.6 is 12.2 Å². The lowest BCUT2D eigenvalue weighted by Gasteiger charge is -2.17. The highest BCUT2D eigenvalue weighted by molar-refractivity contribution is 7.92. The minimum absolute atomic E-state index is 0.194. The molecule has 6 heteroatoms. The van der Waals surface area contributed by atoms with Gasteiger partial charge in [0, 0.05) is 12.5 Å².